The van der Waals surface area contributed by atoms with Crippen LogP contribution >= 0.6 is 11.8 Å². The van der Waals surface area contributed by atoms with Gasteiger partial charge in [-0.3, -0.25) is 9.59 Å². The van der Waals surface area contributed by atoms with Crippen LogP contribution in [0.1, 0.15) is 17.7 Å². The van der Waals surface area contributed by atoms with Gasteiger partial charge in [-0.2, -0.15) is 0 Å². The average Bonchev–Trinajstić information content (AvgIpc) is 2.26. The number of carbonyl (C=O) groups is 2. The van der Waals surface area contributed by atoms with Crippen LogP contribution in [0.25, 0.3) is 0 Å². The SMILES string of the molecule is COC(=O)C(SC(C)=O)c1ccc(F)cc1. The lowest BCUT2D eigenvalue weighted by molar-refractivity contribution is -0.140. The van der Waals surface area contributed by atoms with E-state index in [1.165, 1.54) is 38.3 Å². The Morgan fingerprint density at radius 1 is 1.31 bits per heavy atom. The zero-order chi connectivity index (χ0) is 12.1. The Labute approximate surface area is 97.0 Å². The quantitative estimate of drug-likeness (QED) is 0.763. The van der Waals surface area contributed by atoms with Crippen LogP contribution in [-0.4, -0.2) is 18.2 Å². The van der Waals surface area contributed by atoms with Crippen LogP contribution in [-0.2, 0) is 14.3 Å². The van der Waals surface area contributed by atoms with Gasteiger partial charge in [0.25, 0.3) is 0 Å². The minimum atomic E-state index is -0.733. The molecular formula is C11H11FO3S. The van der Waals surface area contributed by atoms with Crippen LogP contribution in [0, 0.1) is 5.82 Å². The van der Waals surface area contributed by atoms with E-state index in [0.29, 0.717) is 5.56 Å². The molecule has 0 aliphatic carbocycles. The second-order valence-corrected chi connectivity index (χ2v) is 4.35. The van der Waals surface area contributed by atoms with Crippen molar-refractivity contribution in [3.05, 3.63) is 35.6 Å². The van der Waals surface area contributed by atoms with Gasteiger partial charge in [-0.15, -0.1) is 0 Å². The van der Waals surface area contributed by atoms with Gasteiger partial charge >= 0.3 is 5.97 Å². The molecule has 86 valence electrons. The van der Waals surface area contributed by atoms with Crippen molar-refractivity contribution < 1.29 is 18.7 Å². The molecule has 1 aromatic rings. The summed E-state index contributed by atoms with van der Waals surface area (Å²) in [4.78, 5) is 22.4. The first-order valence-electron chi connectivity index (χ1n) is 4.55. The lowest BCUT2D eigenvalue weighted by atomic mass is 10.1. The highest BCUT2D eigenvalue weighted by Gasteiger charge is 2.23. The van der Waals surface area contributed by atoms with Gasteiger partial charge in [-0.1, -0.05) is 23.9 Å². The van der Waals surface area contributed by atoms with Crippen molar-refractivity contribution >= 4 is 22.8 Å². The minimum absolute atomic E-state index is 0.195. The van der Waals surface area contributed by atoms with Crippen molar-refractivity contribution in [2.75, 3.05) is 7.11 Å². The van der Waals surface area contributed by atoms with Gasteiger partial charge in [-0.05, 0) is 17.7 Å². The number of thioether (sulfide) groups is 1. The van der Waals surface area contributed by atoms with E-state index >= 15 is 0 Å². The molecule has 16 heavy (non-hydrogen) atoms. The highest BCUT2D eigenvalue weighted by molar-refractivity contribution is 8.14. The molecule has 0 N–H and O–H groups in total. The van der Waals surface area contributed by atoms with Crippen molar-refractivity contribution in [1.82, 2.24) is 0 Å². The molecular weight excluding hydrogens is 231 g/mol. The number of methoxy groups -OCH3 is 1. The summed E-state index contributed by atoms with van der Waals surface area (Å²) >= 11 is 0.855. The molecule has 0 saturated carbocycles. The third kappa shape index (κ3) is 3.34. The van der Waals surface area contributed by atoms with Crippen LogP contribution in [0.3, 0.4) is 0 Å². The Morgan fingerprint density at radius 2 is 1.88 bits per heavy atom. The molecule has 0 saturated heterocycles. The van der Waals surface area contributed by atoms with E-state index in [2.05, 4.69) is 4.74 Å². The molecule has 1 aromatic carbocycles. The van der Waals surface area contributed by atoms with Crippen molar-refractivity contribution in [3.63, 3.8) is 0 Å². The summed E-state index contributed by atoms with van der Waals surface area (Å²) in [7, 11) is 1.25. The van der Waals surface area contributed by atoms with Crippen LogP contribution in [0.5, 0.6) is 0 Å². The second kappa shape index (κ2) is 5.65. The second-order valence-electron chi connectivity index (χ2n) is 3.06. The predicted molar refractivity (Wildman–Crippen MR) is 59.4 cm³/mol. The van der Waals surface area contributed by atoms with E-state index < -0.39 is 11.2 Å². The summed E-state index contributed by atoms with van der Waals surface area (Å²) < 4.78 is 17.3. The van der Waals surface area contributed by atoms with Crippen LogP contribution in [0.15, 0.2) is 24.3 Å². The number of rotatable bonds is 3. The monoisotopic (exact) mass is 242 g/mol. The summed E-state index contributed by atoms with van der Waals surface area (Å²) in [5.41, 5.74) is 0.549. The molecule has 1 rings (SSSR count). The molecule has 0 aliphatic heterocycles. The van der Waals surface area contributed by atoms with Gasteiger partial charge in [0, 0.05) is 6.92 Å². The Morgan fingerprint density at radius 3 is 2.31 bits per heavy atom. The van der Waals surface area contributed by atoms with Crippen LogP contribution < -0.4 is 0 Å². The maximum atomic E-state index is 12.7. The van der Waals surface area contributed by atoms with Crippen LogP contribution in [0.2, 0.25) is 0 Å². The topological polar surface area (TPSA) is 43.4 Å². The van der Waals surface area contributed by atoms with Gasteiger partial charge in [0.2, 0.25) is 0 Å². The molecule has 1 atom stereocenters. The van der Waals surface area contributed by atoms with Gasteiger partial charge in [0.05, 0.1) is 7.11 Å². The number of benzene rings is 1. The Balaban J connectivity index is 2.96. The Kier molecular flexibility index (Phi) is 4.49. The Hall–Kier alpha value is -1.36. The predicted octanol–water partition coefficient (Wildman–Crippen LogP) is 2.32. The van der Waals surface area contributed by atoms with E-state index in [0.717, 1.165) is 11.8 Å². The van der Waals surface area contributed by atoms with E-state index in [9.17, 15) is 14.0 Å². The molecule has 0 bridgehead atoms. The highest BCUT2D eigenvalue weighted by atomic mass is 32.2. The molecule has 0 fully saturated rings. The molecule has 0 radical (unpaired) electrons. The number of carbonyl (C=O) groups excluding carboxylic acids is 2. The van der Waals surface area contributed by atoms with E-state index in [4.69, 9.17) is 0 Å². The first-order valence-corrected chi connectivity index (χ1v) is 5.43. The molecule has 5 heteroatoms. The first kappa shape index (κ1) is 12.7. The molecule has 0 aliphatic rings. The van der Waals surface area contributed by atoms with Crippen LogP contribution in [0.4, 0.5) is 4.39 Å². The number of esters is 1. The standard InChI is InChI=1S/C11H11FO3S/c1-7(13)16-10(11(14)15-2)8-3-5-9(12)6-4-8/h3-6,10H,1-2H3. The summed E-state index contributed by atoms with van der Waals surface area (Å²) in [6, 6.07) is 5.41. The lowest BCUT2D eigenvalue weighted by Gasteiger charge is -2.12. The summed E-state index contributed by atoms with van der Waals surface area (Å²) in [5, 5.41) is -0.928. The van der Waals surface area contributed by atoms with Crippen molar-refractivity contribution in [3.8, 4) is 0 Å². The fourth-order valence-corrected chi connectivity index (χ4v) is 1.98. The zero-order valence-corrected chi connectivity index (χ0v) is 9.71. The summed E-state index contributed by atoms with van der Waals surface area (Å²) in [5.74, 6) is -0.910. The van der Waals surface area contributed by atoms with E-state index in [1.807, 2.05) is 0 Å². The average molecular weight is 242 g/mol. The summed E-state index contributed by atoms with van der Waals surface area (Å²) in [6.45, 7) is 1.37. The number of hydrogen-bond donors (Lipinski definition) is 0. The largest absolute Gasteiger partial charge is 0.468 e. The number of ether oxygens (including phenoxy) is 1. The van der Waals surface area contributed by atoms with Crippen molar-refractivity contribution in [2.24, 2.45) is 0 Å². The van der Waals surface area contributed by atoms with Crippen molar-refractivity contribution in [1.29, 1.82) is 0 Å². The molecule has 0 aromatic heterocycles. The van der Waals surface area contributed by atoms with E-state index in [1.54, 1.807) is 0 Å². The Bertz CT molecular complexity index is 389. The zero-order valence-electron chi connectivity index (χ0n) is 8.90. The molecule has 0 heterocycles. The van der Waals surface area contributed by atoms with Gasteiger partial charge in [-0.25, -0.2) is 4.39 Å². The van der Waals surface area contributed by atoms with Crippen molar-refractivity contribution in [2.45, 2.75) is 12.2 Å². The van der Waals surface area contributed by atoms with E-state index in [-0.39, 0.29) is 10.9 Å². The van der Waals surface area contributed by atoms with Gasteiger partial charge in [0.15, 0.2) is 5.12 Å². The maximum Gasteiger partial charge on any atom is 0.323 e. The number of halogens is 1. The first-order chi connectivity index (χ1) is 7.54. The van der Waals surface area contributed by atoms with Gasteiger partial charge in [0.1, 0.15) is 11.1 Å². The number of hydrogen-bond acceptors (Lipinski definition) is 4. The normalized spacial score (nSPS) is 11.9. The third-order valence-electron chi connectivity index (χ3n) is 1.87. The molecule has 0 spiro atoms. The fourth-order valence-electron chi connectivity index (χ4n) is 1.16. The third-order valence-corrected chi connectivity index (χ3v) is 2.90. The smallest absolute Gasteiger partial charge is 0.323 e. The fraction of sp³-hybridized carbons (Fsp3) is 0.273. The molecule has 1 unspecified atom stereocenters. The molecule has 3 nitrogen and oxygen atoms in total. The summed E-state index contributed by atoms with van der Waals surface area (Å²) in [6.07, 6.45) is 0. The lowest BCUT2D eigenvalue weighted by Crippen LogP contribution is -2.12. The molecule has 0 amide bonds. The minimum Gasteiger partial charge on any atom is -0.468 e. The van der Waals surface area contributed by atoms with Gasteiger partial charge < -0.3 is 4.74 Å². The highest BCUT2D eigenvalue weighted by Crippen LogP contribution is 2.30. The maximum absolute atomic E-state index is 12.7.